The fourth-order valence-electron chi connectivity index (χ4n) is 3.62. The van der Waals surface area contributed by atoms with Crippen molar-refractivity contribution in [3.63, 3.8) is 0 Å². The monoisotopic (exact) mass is 395 g/mol. The summed E-state index contributed by atoms with van der Waals surface area (Å²) < 4.78 is 16.8. The molecule has 0 saturated carbocycles. The Bertz CT molecular complexity index is 1210. The molecule has 0 amide bonds. The fraction of sp³-hybridized carbons (Fsp3) is 0.211. The number of rotatable bonds is 1. The third-order valence-electron chi connectivity index (χ3n) is 4.90. The molecule has 0 radical (unpaired) electrons. The predicted molar refractivity (Wildman–Crippen MR) is 100 cm³/mol. The Balaban J connectivity index is 1.75. The van der Waals surface area contributed by atoms with Crippen LogP contribution in [0.5, 0.6) is 17.4 Å². The van der Waals surface area contributed by atoms with Crippen LogP contribution in [0.4, 0.5) is 0 Å². The fourth-order valence-corrected chi connectivity index (χ4v) is 3.87. The molecule has 0 fully saturated rings. The molecule has 2 aliphatic heterocycles. The first kappa shape index (κ1) is 16.7. The molecule has 1 aromatic carbocycles. The average Bonchev–Trinajstić information content (AvgIpc) is 3.05. The second-order valence-electron chi connectivity index (χ2n) is 6.55. The number of nitrogens with two attached hydrogens (primary N) is 1. The van der Waals surface area contributed by atoms with Crippen molar-refractivity contribution in [1.82, 2.24) is 15.2 Å². The van der Waals surface area contributed by atoms with Crippen molar-refractivity contribution < 1.29 is 14.2 Å². The largest absolute Gasteiger partial charge is 0.486 e. The number of benzene rings is 1. The Morgan fingerprint density at radius 1 is 1.25 bits per heavy atom. The zero-order valence-corrected chi connectivity index (χ0v) is 15.5. The number of aromatic nitrogens is 3. The standard InChI is InChI=1S/C19H14ClN5O3/c1-8-15-16(11(7-21)18(22)28-19(15)25-24-8)10-4-9-5-13-14(27-3-2-26-13)6-12(9)23-17(10)20/h4-6,16H,2-3,22H2,1H3,(H,24,25)/t16-/m0/s1. The third kappa shape index (κ3) is 2.37. The molecule has 1 atom stereocenters. The molecule has 9 heteroatoms. The number of nitrogens with zero attached hydrogens (tertiary/aromatic N) is 3. The van der Waals surface area contributed by atoms with Gasteiger partial charge < -0.3 is 19.9 Å². The number of halogens is 1. The van der Waals surface area contributed by atoms with Gasteiger partial charge in [-0.1, -0.05) is 11.6 Å². The zero-order valence-electron chi connectivity index (χ0n) is 14.7. The predicted octanol–water partition coefficient (Wildman–Crippen LogP) is 2.91. The number of fused-ring (bicyclic) bond motifs is 3. The highest BCUT2D eigenvalue weighted by molar-refractivity contribution is 6.30. The van der Waals surface area contributed by atoms with Gasteiger partial charge in [0.2, 0.25) is 11.8 Å². The molecule has 0 aliphatic carbocycles. The van der Waals surface area contributed by atoms with Crippen LogP contribution in [0, 0.1) is 18.3 Å². The molecule has 2 aromatic heterocycles. The molecule has 140 valence electrons. The number of aryl methyl sites for hydroxylation is 1. The van der Waals surface area contributed by atoms with Crippen molar-refractivity contribution in [3.8, 4) is 23.4 Å². The molecule has 3 N–H and O–H groups in total. The number of allylic oxidation sites excluding steroid dienone is 1. The van der Waals surface area contributed by atoms with Crippen molar-refractivity contribution in [1.29, 1.82) is 5.26 Å². The van der Waals surface area contributed by atoms with E-state index in [-0.39, 0.29) is 16.6 Å². The summed E-state index contributed by atoms with van der Waals surface area (Å²) in [5.41, 5.74) is 9.02. The van der Waals surface area contributed by atoms with E-state index in [1.54, 1.807) is 6.07 Å². The number of H-pyrrole nitrogens is 1. The van der Waals surface area contributed by atoms with E-state index in [4.69, 9.17) is 31.5 Å². The Hall–Kier alpha value is -3.44. The van der Waals surface area contributed by atoms with Gasteiger partial charge in [0.25, 0.3) is 0 Å². The summed E-state index contributed by atoms with van der Waals surface area (Å²) in [5.74, 6) is 1.08. The van der Waals surface area contributed by atoms with Crippen LogP contribution in [0.3, 0.4) is 0 Å². The summed E-state index contributed by atoms with van der Waals surface area (Å²) in [6.45, 7) is 2.83. The molecule has 0 saturated heterocycles. The maximum absolute atomic E-state index is 9.71. The van der Waals surface area contributed by atoms with Gasteiger partial charge in [-0.05, 0) is 19.1 Å². The van der Waals surface area contributed by atoms with Crippen molar-refractivity contribution in [2.45, 2.75) is 12.8 Å². The van der Waals surface area contributed by atoms with Gasteiger partial charge in [-0.15, -0.1) is 5.10 Å². The molecular weight excluding hydrogens is 382 g/mol. The van der Waals surface area contributed by atoms with Crippen LogP contribution < -0.4 is 19.9 Å². The van der Waals surface area contributed by atoms with Crippen LogP contribution in [0.2, 0.25) is 5.15 Å². The lowest BCUT2D eigenvalue weighted by Crippen LogP contribution is -2.21. The van der Waals surface area contributed by atoms with E-state index in [0.29, 0.717) is 47.2 Å². The maximum Gasteiger partial charge on any atom is 0.244 e. The van der Waals surface area contributed by atoms with E-state index >= 15 is 0 Å². The van der Waals surface area contributed by atoms with Crippen molar-refractivity contribution in [3.05, 3.63) is 51.6 Å². The molecule has 2 aliphatic rings. The number of hydrogen-bond acceptors (Lipinski definition) is 7. The lowest BCUT2D eigenvalue weighted by atomic mass is 9.84. The Morgan fingerprint density at radius 2 is 2.00 bits per heavy atom. The van der Waals surface area contributed by atoms with E-state index in [9.17, 15) is 5.26 Å². The minimum atomic E-state index is -0.537. The van der Waals surface area contributed by atoms with E-state index in [1.165, 1.54) is 0 Å². The lowest BCUT2D eigenvalue weighted by molar-refractivity contribution is 0.172. The first-order chi connectivity index (χ1) is 13.6. The third-order valence-corrected chi connectivity index (χ3v) is 5.20. The van der Waals surface area contributed by atoms with E-state index in [2.05, 4.69) is 21.3 Å². The van der Waals surface area contributed by atoms with Crippen LogP contribution in [-0.2, 0) is 0 Å². The Kier molecular flexibility index (Phi) is 3.60. The van der Waals surface area contributed by atoms with Gasteiger partial charge in [0.1, 0.15) is 30.0 Å². The second kappa shape index (κ2) is 6.04. The zero-order chi connectivity index (χ0) is 19.4. The van der Waals surface area contributed by atoms with Crippen LogP contribution in [0.25, 0.3) is 10.9 Å². The number of aromatic amines is 1. The topological polar surface area (TPSA) is 119 Å². The van der Waals surface area contributed by atoms with E-state index < -0.39 is 5.92 Å². The van der Waals surface area contributed by atoms with Gasteiger partial charge in [0, 0.05) is 28.3 Å². The van der Waals surface area contributed by atoms with Crippen molar-refractivity contribution in [2.75, 3.05) is 13.2 Å². The molecule has 8 nitrogen and oxygen atoms in total. The quantitative estimate of drug-likeness (QED) is 0.608. The minimum Gasteiger partial charge on any atom is -0.486 e. The smallest absolute Gasteiger partial charge is 0.244 e. The highest BCUT2D eigenvalue weighted by atomic mass is 35.5. The van der Waals surface area contributed by atoms with Gasteiger partial charge in [-0.25, -0.2) is 4.98 Å². The van der Waals surface area contributed by atoms with E-state index in [0.717, 1.165) is 11.1 Å². The van der Waals surface area contributed by atoms with Gasteiger partial charge in [0.05, 0.1) is 11.4 Å². The Morgan fingerprint density at radius 3 is 2.75 bits per heavy atom. The normalized spacial score (nSPS) is 17.8. The van der Waals surface area contributed by atoms with Gasteiger partial charge >= 0.3 is 0 Å². The summed E-state index contributed by atoms with van der Waals surface area (Å²) >= 11 is 6.55. The Labute approximate surface area is 164 Å². The second-order valence-corrected chi connectivity index (χ2v) is 6.91. The van der Waals surface area contributed by atoms with Crippen LogP contribution >= 0.6 is 11.6 Å². The molecule has 0 bridgehead atoms. The van der Waals surface area contributed by atoms with Gasteiger partial charge in [-0.3, -0.25) is 5.10 Å². The van der Waals surface area contributed by atoms with E-state index in [1.807, 2.05) is 19.1 Å². The lowest BCUT2D eigenvalue weighted by Gasteiger charge is -2.24. The maximum atomic E-state index is 9.71. The SMILES string of the molecule is Cc1[nH]nc2c1[C@@H](c1cc3cc4c(cc3nc1Cl)OCCO4)C(C#N)=C(N)O2. The number of nitrogens with one attached hydrogen (secondary N) is 1. The van der Waals surface area contributed by atoms with Gasteiger partial charge in [-0.2, -0.15) is 5.26 Å². The first-order valence-electron chi connectivity index (χ1n) is 8.59. The van der Waals surface area contributed by atoms with Crippen LogP contribution in [-0.4, -0.2) is 28.4 Å². The number of pyridine rings is 1. The molecule has 3 aromatic rings. The average molecular weight is 396 g/mol. The number of ether oxygens (including phenoxy) is 3. The minimum absolute atomic E-state index is 0.00448. The van der Waals surface area contributed by atoms with Crippen LogP contribution in [0.15, 0.2) is 29.7 Å². The molecule has 0 unspecified atom stereocenters. The number of nitriles is 1. The summed E-state index contributed by atoms with van der Waals surface area (Å²) in [4.78, 5) is 4.53. The van der Waals surface area contributed by atoms with Crippen molar-refractivity contribution in [2.24, 2.45) is 5.73 Å². The first-order valence-corrected chi connectivity index (χ1v) is 8.97. The van der Waals surface area contributed by atoms with Crippen LogP contribution in [0.1, 0.15) is 22.7 Å². The highest BCUT2D eigenvalue weighted by Gasteiger charge is 2.36. The molecule has 28 heavy (non-hydrogen) atoms. The van der Waals surface area contributed by atoms with Gasteiger partial charge in [0.15, 0.2) is 11.5 Å². The summed E-state index contributed by atoms with van der Waals surface area (Å²) in [7, 11) is 0. The number of hydrogen-bond donors (Lipinski definition) is 2. The molecule has 5 rings (SSSR count). The summed E-state index contributed by atoms with van der Waals surface area (Å²) in [6.07, 6.45) is 0. The molecule has 4 heterocycles. The molecular formula is C19H14ClN5O3. The molecule has 0 spiro atoms. The van der Waals surface area contributed by atoms with Crippen molar-refractivity contribution >= 4 is 22.5 Å². The summed E-state index contributed by atoms with van der Waals surface area (Å²) in [6, 6.07) is 7.69. The highest BCUT2D eigenvalue weighted by Crippen LogP contribution is 2.45. The summed E-state index contributed by atoms with van der Waals surface area (Å²) in [5, 5.41) is 17.8.